The first-order valence-corrected chi connectivity index (χ1v) is 7.32. The predicted octanol–water partition coefficient (Wildman–Crippen LogP) is 0.641. The number of hydrogen-bond donors (Lipinski definition) is 2. The lowest BCUT2D eigenvalue weighted by atomic mass is 10.1. The maximum atomic E-state index is 12.5. The molecule has 5 nitrogen and oxygen atoms in total. The minimum absolute atomic E-state index is 0.148. The van der Waals surface area contributed by atoms with E-state index in [9.17, 15) is 13.5 Å². The Morgan fingerprint density at radius 3 is 2.61 bits per heavy atom. The normalized spacial score (nSPS) is 21.4. The number of nitrogens with two attached hydrogens (primary N) is 1. The van der Waals surface area contributed by atoms with Crippen LogP contribution in [0.25, 0.3) is 0 Å². The van der Waals surface area contributed by atoms with E-state index in [0.29, 0.717) is 18.5 Å². The lowest BCUT2D eigenvalue weighted by molar-refractivity contribution is 0.189. The molecular weight excluding hydrogens is 252 g/mol. The van der Waals surface area contributed by atoms with E-state index in [-0.39, 0.29) is 17.1 Å². The number of nitrogen functional groups attached to an aromatic ring is 1. The summed E-state index contributed by atoms with van der Waals surface area (Å²) in [7, 11) is -3.61. The number of aliphatic hydroxyl groups is 1. The quantitative estimate of drug-likeness (QED) is 0.773. The summed E-state index contributed by atoms with van der Waals surface area (Å²) in [6, 6.07) is 3.42. The molecule has 0 aliphatic carbocycles. The Labute approximate surface area is 107 Å². The number of β-amino-alcohol motifs (C(OH)–C–C–N with tert-alkyl or cyclic N) is 1. The maximum Gasteiger partial charge on any atom is 0.245 e. The van der Waals surface area contributed by atoms with Gasteiger partial charge in [0.15, 0.2) is 0 Å². The van der Waals surface area contributed by atoms with Crippen molar-refractivity contribution in [3.63, 3.8) is 0 Å². The summed E-state index contributed by atoms with van der Waals surface area (Å²) in [6.45, 7) is 4.10. The lowest BCUT2D eigenvalue weighted by Crippen LogP contribution is -2.31. The molecular formula is C12H18N2O3S. The van der Waals surface area contributed by atoms with Crippen molar-refractivity contribution in [2.75, 3.05) is 18.8 Å². The molecule has 0 radical (unpaired) electrons. The SMILES string of the molecule is Cc1ccc(N)c(S(=O)(=O)N2CCC(O)C2)c1C. The molecule has 6 heteroatoms. The van der Waals surface area contributed by atoms with Crippen molar-refractivity contribution in [1.29, 1.82) is 0 Å². The van der Waals surface area contributed by atoms with Gasteiger partial charge in [0.1, 0.15) is 4.90 Å². The van der Waals surface area contributed by atoms with Gasteiger partial charge in [-0.15, -0.1) is 0 Å². The summed E-state index contributed by atoms with van der Waals surface area (Å²) in [5.74, 6) is 0. The molecule has 1 aromatic carbocycles. The number of hydrogen-bond acceptors (Lipinski definition) is 4. The third-order valence-corrected chi connectivity index (χ3v) is 5.50. The number of anilines is 1. The fourth-order valence-electron chi connectivity index (χ4n) is 2.21. The second kappa shape index (κ2) is 4.53. The molecule has 1 heterocycles. The number of aryl methyl sites for hydroxylation is 1. The Morgan fingerprint density at radius 1 is 1.39 bits per heavy atom. The smallest absolute Gasteiger partial charge is 0.245 e. The van der Waals surface area contributed by atoms with Crippen LogP contribution in [0, 0.1) is 13.8 Å². The van der Waals surface area contributed by atoms with Crippen molar-refractivity contribution in [2.24, 2.45) is 0 Å². The molecule has 1 aromatic rings. The highest BCUT2D eigenvalue weighted by Crippen LogP contribution is 2.30. The number of rotatable bonds is 2. The summed E-state index contributed by atoms with van der Waals surface area (Å²) < 4.78 is 26.3. The van der Waals surface area contributed by atoms with Gasteiger partial charge >= 0.3 is 0 Å². The van der Waals surface area contributed by atoms with Crippen LogP contribution in [-0.4, -0.2) is 37.0 Å². The van der Waals surface area contributed by atoms with Gasteiger partial charge in [-0.1, -0.05) is 6.07 Å². The van der Waals surface area contributed by atoms with Crippen LogP contribution >= 0.6 is 0 Å². The van der Waals surface area contributed by atoms with E-state index in [4.69, 9.17) is 5.73 Å². The average Bonchev–Trinajstić information content (AvgIpc) is 2.71. The minimum Gasteiger partial charge on any atom is -0.398 e. The van der Waals surface area contributed by atoms with Crippen molar-refractivity contribution >= 4 is 15.7 Å². The monoisotopic (exact) mass is 270 g/mol. The van der Waals surface area contributed by atoms with Crippen LogP contribution in [0.3, 0.4) is 0 Å². The largest absolute Gasteiger partial charge is 0.398 e. The first-order chi connectivity index (χ1) is 8.34. The molecule has 1 aliphatic heterocycles. The number of benzene rings is 1. The Bertz CT molecular complexity index is 569. The van der Waals surface area contributed by atoms with Gasteiger partial charge in [-0.3, -0.25) is 0 Å². The maximum absolute atomic E-state index is 12.5. The van der Waals surface area contributed by atoms with E-state index in [0.717, 1.165) is 5.56 Å². The van der Waals surface area contributed by atoms with Crippen LogP contribution in [-0.2, 0) is 10.0 Å². The van der Waals surface area contributed by atoms with Crippen molar-refractivity contribution in [2.45, 2.75) is 31.3 Å². The fourth-order valence-corrected chi connectivity index (χ4v) is 4.10. The molecule has 18 heavy (non-hydrogen) atoms. The highest BCUT2D eigenvalue weighted by molar-refractivity contribution is 7.89. The van der Waals surface area contributed by atoms with Crippen molar-refractivity contribution in [1.82, 2.24) is 4.31 Å². The summed E-state index contributed by atoms with van der Waals surface area (Å²) in [5.41, 5.74) is 7.64. The second-order valence-electron chi connectivity index (χ2n) is 4.73. The standard InChI is InChI=1S/C12H18N2O3S/c1-8-3-4-11(13)12(9(8)2)18(16,17)14-6-5-10(15)7-14/h3-4,10,15H,5-7,13H2,1-2H3. The van der Waals surface area contributed by atoms with Gasteiger partial charge in [0.05, 0.1) is 11.8 Å². The van der Waals surface area contributed by atoms with Gasteiger partial charge in [-0.25, -0.2) is 8.42 Å². The molecule has 3 N–H and O–H groups in total. The Morgan fingerprint density at radius 2 is 2.06 bits per heavy atom. The summed E-state index contributed by atoms with van der Waals surface area (Å²) in [6.07, 6.45) is -0.101. The molecule has 1 fully saturated rings. The first-order valence-electron chi connectivity index (χ1n) is 5.88. The molecule has 0 aromatic heterocycles. The van der Waals surface area contributed by atoms with Crippen molar-refractivity contribution in [3.8, 4) is 0 Å². The molecule has 1 atom stereocenters. The first kappa shape index (κ1) is 13.3. The molecule has 1 unspecified atom stereocenters. The van der Waals surface area contributed by atoms with Crippen molar-refractivity contribution in [3.05, 3.63) is 23.3 Å². The highest BCUT2D eigenvalue weighted by atomic mass is 32.2. The van der Waals surface area contributed by atoms with Crippen LogP contribution in [0.15, 0.2) is 17.0 Å². The number of aliphatic hydroxyl groups excluding tert-OH is 1. The topological polar surface area (TPSA) is 83.6 Å². The zero-order chi connectivity index (χ0) is 13.5. The van der Waals surface area contributed by atoms with Crippen LogP contribution in [0.2, 0.25) is 0 Å². The van der Waals surface area contributed by atoms with E-state index < -0.39 is 16.1 Å². The van der Waals surface area contributed by atoms with E-state index in [1.54, 1.807) is 13.0 Å². The molecule has 1 saturated heterocycles. The van der Waals surface area contributed by atoms with Gasteiger partial charge in [0.25, 0.3) is 0 Å². The Hall–Kier alpha value is -1.11. The predicted molar refractivity (Wildman–Crippen MR) is 69.7 cm³/mol. The molecule has 1 aliphatic rings. The van der Waals surface area contributed by atoms with Crippen LogP contribution in [0.1, 0.15) is 17.5 Å². The molecule has 100 valence electrons. The van der Waals surface area contributed by atoms with Gasteiger partial charge in [-0.2, -0.15) is 4.31 Å². The highest BCUT2D eigenvalue weighted by Gasteiger charge is 2.34. The van der Waals surface area contributed by atoms with E-state index in [2.05, 4.69) is 0 Å². The van der Waals surface area contributed by atoms with Gasteiger partial charge in [0, 0.05) is 13.1 Å². The summed E-state index contributed by atoms with van der Waals surface area (Å²) in [4.78, 5) is 0.177. The second-order valence-corrected chi connectivity index (χ2v) is 6.61. The zero-order valence-electron chi connectivity index (χ0n) is 10.5. The lowest BCUT2D eigenvalue weighted by Gasteiger charge is -2.19. The van der Waals surface area contributed by atoms with Crippen LogP contribution in [0.4, 0.5) is 5.69 Å². The summed E-state index contributed by atoms with van der Waals surface area (Å²) in [5, 5.41) is 9.47. The zero-order valence-corrected chi connectivity index (χ0v) is 11.4. The van der Waals surface area contributed by atoms with Crippen molar-refractivity contribution < 1.29 is 13.5 Å². The van der Waals surface area contributed by atoms with E-state index in [1.807, 2.05) is 13.0 Å². The molecule has 0 spiro atoms. The molecule has 0 amide bonds. The van der Waals surface area contributed by atoms with Gasteiger partial charge in [-0.05, 0) is 37.5 Å². The third kappa shape index (κ3) is 2.11. The molecule has 0 bridgehead atoms. The van der Waals surface area contributed by atoms with E-state index in [1.165, 1.54) is 4.31 Å². The third-order valence-electron chi connectivity index (χ3n) is 3.43. The summed E-state index contributed by atoms with van der Waals surface area (Å²) >= 11 is 0. The molecule has 0 saturated carbocycles. The van der Waals surface area contributed by atoms with Gasteiger partial charge < -0.3 is 10.8 Å². The van der Waals surface area contributed by atoms with E-state index >= 15 is 0 Å². The van der Waals surface area contributed by atoms with Crippen LogP contribution < -0.4 is 5.73 Å². The fraction of sp³-hybridized carbons (Fsp3) is 0.500. The minimum atomic E-state index is -3.61. The number of sulfonamides is 1. The van der Waals surface area contributed by atoms with Gasteiger partial charge in [0.2, 0.25) is 10.0 Å². The Balaban J connectivity index is 2.51. The molecule has 2 rings (SSSR count). The Kier molecular flexibility index (Phi) is 3.35. The number of nitrogens with zero attached hydrogens (tertiary/aromatic N) is 1. The van der Waals surface area contributed by atoms with Crippen LogP contribution in [0.5, 0.6) is 0 Å². The average molecular weight is 270 g/mol.